The van der Waals surface area contributed by atoms with Gasteiger partial charge in [-0.25, -0.2) is 9.13 Å². The molecule has 0 aromatic carbocycles. The maximum absolute atomic E-state index is 13.1. The molecule has 19 heteroatoms. The van der Waals surface area contributed by atoms with Gasteiger partial charge in [-0.2, -0.15) is 0 Å². The molecule has 0 rings (SSSR count). The summed E-state index contributed by atoms with van der Waals surface area (Å²) in [5, 5.41) is 10.6. The van der Waals surface area contributed by atoms with E-state index in [0.29, 0.717) is 25.7 Å². The average molecular weight is 1450 g/mol. The summed E-state index contributed by atoms with van der Waals surface area (Å²) in [7, 11) is -9.91. The van der Waals surface area contributed by atoms with Crippen molar-refractivity contribution in [3.05, 3.63) is 0 Å². The summed E-state index contributed by atoms with van der Waals surface area (Å²) in [6.45, 7) is 9.65. The lowest BCUT2D eigenvalue weighted by atomic mass is 10.0. The number of ether oxygens (including phenoxy) is 4. The highest BCUT2D eigenvalue weighted by atomic mass is 31.2. The first kappa shape index (κ1) is 97.1. The van der Waals surface area contributed by atoms with E-state index < -0.39 is 97.5 Å². The maximum atomic E-state index is 13.1. The highest BCUT2D eigenvalue weighted by molar-refractivity contribution is 7.47. The van der Waals surface area contributed by atoms with Crippen molar-refractivity contribution in [3.8, 4) is 0 Å². The number of aliphatic hydroxyl groups excluding tert-OH is 1. The van der Waals surface area contributed by atoms with Gasteiger partial charge in [0.15, 0.2) is 12.2 Å². The van der Waals surface area contributed by atoms with Crippen LogP contribution in [0.15, 0.2) is 0 Å². The van der Waals surface area contributed by atoms with Crippen LogP contribution in [-0.4, -0.2) is 96.7 Å². The standard InChI is InChI=1S/C80H156O17P2/c1-7-9-11-13-15-17-18-19-24-28-35-40-46-52-58-64-79(84)96-75(68-90-77(82)62-56-50-44-16-14-12-10-8-2)70-94-98(86,87)92-66-74(81)67-93-99(88,89)95-71-76(69-91-78(83)63-57-51-45-39-34-31-30-33-38-43-49-55-61-73(5)6)97-80(85)65-59-53-47-41-36-29-26-23-21-20-22-25-27-32-37-42-48-54-60-72(3)4/h72-76,81H,7-71H2,1-6H3,(H,86,87)(H,88,89)/t74-,75+,76+/m0/s1. The molecule has 2 unspecified atom stereocenters. The Balaban J connectivity index is 5.19. The molecule has 0 aromatic heterocycles. The fraction of sp³-hybridized carbons (Fsp3) is 0.950. The third-order valence-electron chi connectivity index (χ3n) is 18.7. The number of hydrogen-bond acceptors (Lipinski definition) is 15. The van der Waals surface area contributed by atoms with Crippen LogP contribution in [0.5, 0.6) is 0 Å². The molecule has 588 valence electrons. The molecule has 0 aliphatic rings. The topological polar surface area (TPSA) is 237 Å². The molecule has 0 amide bonds. The second-order valence-corrected chi connectivity index (χ2v) is 32.7. The molecule has 3 N–H and O–H groups in total. The van der Waals surface area contributed by atoms with Crippen LogP contribution in [0.3, 0.4) is 0 Å². The summed E-state index contributed by atoms with van der Waals surface area (Å²) in [6, 6.07) is 0. The maximum Gasteiger partial charge on any atom is 0.472 e. The van der Waals surface area contributed by atoms with Gasteiger partial charge in [-0.1, -0.05) is 369 Å². The minimum atomic E-state index is -4.96. The van der Waals surface area contributed by atoms with Crippen molar-refractivity contribution in [2.24, 2.45) is 11.8 Å². The molecule has 0 spiro atoms. The largest absolute Gasteiger partial charge is 0.472 e. The monoisotopic (exact) mass is 1450 g/mol. The predicted molar refractivity (Wildman–Crippen MR) is 405 cm³/mol. The van der Waals surface area contributed by atoms with Crippen molar-refractivity contribution in [3.63, 3.8) is 0 Å². The number of rotatable bonds is 79. The van der Waals surface area contributed by atoms with Gasteiger partial charge < -0.3 is 33.8 Å². The zero-order valence-corrected chi connectivity index (χ0v) is 66.6. The van der Waals surface area contributed by atoms with E-state index in [4.69, 9.17) is 37.0 Å². The van der Waals surface area contributed by atoms with Gasteiger partial charge in [0.2, 0.25) is 0 Å². The Morgan fingerprint density at radius 3 is 0.687 bits per heavy atom. The summed E-state index contributed by atoms with van der Waals surface area (Å²) in [4.78, 5) is 72.9. The first-order valence-electron chi connectivity index (χ1n) is 41.5. The number of phosphoric ester groups is 2. The Kier molecular flexibility index (Phi) is 70.3. The lowest BCUT2D eigenvalue weighted by Crippen LogP contribution is -2.30. The summed E-state index contributed by atoms with van der Waals surface area (Å²) < 4.78 is 68.6. The van der Waals surface area contributed by atoms with Gasteiger partial charge in [0.05, 0.1) is 26.4 Å². The lowest BCUT2D eigenvalue weighted by Gasteiger charge is -2.21. The SMILES string of the molecule is CCCCCCCCCCCCCCCCCC(=O)O[C@H](COC(=O)CCCCCCCCCC)COP(=O)(O)OC[C@H](O)COP(=O)(O)OC[C@@H](COC(=O)CCCCCCCCCCCCCCC(C)C)OC(=O)CCCCCCCCCCCCCCCCCCCCC(C)C. The molecular weight excluding hydrogens is 1290 g/mol. The van der Waals surface area contributed by atoms with Crippen LogP contribution in [0, 0.1) is 11.8 Å². The Bertz CT molecular complexity index is 1910. The van der Waals surface area contributed by atoms with Gasteiger partial charge in [-0.15, -0.1) is 0 Å². The van der Waals surface area contributed by atoms with Crippen molar-refractivity contribution >= 4 is 39.5 Å². The molecule has 0 saturated carbocycles. The molecule has 0 bridgehead atoms. The fourth-order valence-electron chi connectivity index (χ4n) is 12.4. The molecular formula is C80H156O17P2. The minimum Gasteiger partial charge on any atom is -0.462 e. The molecule has 5 atom stereocenters. The number of phosphoric acid groups is 2. The quantitative estimate of drug-likeness (QED) is 0.0222. The Labute approximate surface area is 607 Å². The van der Waals surface area contributed by atoms with E-state index in [9.17, 15) is 43.2 Å². The van der Waals surface area contributed by atoms with Crippen molar-refractivity contribution in [1.29, 1.82) is 0 Å². The predicted octanol–water partition coefficient (Wildman–Crippen LogP) is 23.9. The molecule has 0 fully saturated rings. The second-order valence-electron chi connectivity index (χ2n) is 29.8. The zero-order valence-electron chi connectivity index (χ0n) is 64.8. The number of carbonyl (C=O) groups excluding carboxylic acids is 4. The minimum absolute atomic E-state index is 0.108. The molecule has 0 aliphatic heterocycles. The zero-order chi connectivity index (χ0) is 72.8. The van der Waals surface area contributed by atoms with Gasteiger partial charge >= 0.3 is 39.5 Å². The van der Waals surface area contributed by atoms with Crippen molar-refractivity contribution in [1.82, 2.24) is 0 Å². The van der Waals surface area contributed by atoms with E-state index in [-0.39, 0.29) is 25.7 Å². The van der Waals surface area contributed by atoms with E-state index >= 15 is 0 Å². The fourth-order valence-corrected chi connectivity index (χ4v) is 13.9. The van der Waals surface area contributed by atoms with Crippen LogP contribution >= 0.6 is 15.6 Å². The number of carbonyl (C=O) groups is 4. The molecule has 0 heterocycles. The van der Waals surface area contributed by atoms with Gasteiger partial charge in [0.25, 0.3) is 0 Å². The number of esters is 4. The highest BCUT2D eigenvalue weighted by Gasteiger charge is 2.30. The summed E-state index contributed by atoms with van der Waals surface area (Å²) >= 11 is 0. The summed E-state index contributed by atoms with van der Waals surface area (Å²) in [5.41, 5.74) is 0. The van der Waals surface area contributed by atoms with E-state index in [1.54, 1.807) is 0 Å². The summed E-state index contributed by atoms with van der Waals surface area (Å²) in [5.74, 6) is -0.509. The Hall–Kier alpha value is -1.94. The Morgan fingerprint density at radius 2 is 0.465 bits per heavy atom. The second kappa shape index (κ2) is 71.7. The summed E-state index contributed by atoms with van der Waals surface area (Å²) in [6.07, 6.45) is 61.1. The molecule has 17 nitrogen and oxygen atoms in total. The number of aliphatic hydroxyl groups is 1. The third-order valence-corrected chi connectivity index (χ3v) is 20.6. The van der Waals surface area contributed by atoms with Crippen LogP contribution in [0.25, 0.3) is 0 Å². The Morgan fingerprint density at radius 1 is 0.273 bits per heavy atom. The first-order chi connectivity index (χ1) is 47.9. The first-order valence-corrected chi connectivity index (χ1v) is 44.5. The molecule has 0 saturated heterocycles. The van der Waals surface area contributed by atoms with E-state index in [1.807, 2.05) is 0 Å². The van der Waals surface area contributed by atoms with Crippen LogP contribution in [0.4, 0.5) is 0 Å². The normalized spacial score (nSPS) is 13.9. The van der Waals surface area contributed by atoms with Gasteiger partial charge in [-0.3, -0.25) is 37.3 Å². The smallest absolute Gasteiger partial charge is 0.462 e. The number of unbranched alkanes of at least 4 members (excludes halogenated alkanes) is 49. The highest BCUT2D eigenvalue weighted by Crippen LogP contribution is 2.45. The van der Waals surface area contributed by atoms with Gasteiger partial charge in [0, 0.05) is 25.7 Å². The molecule has 0 aliphatic carbocycles. The van der Waals surface area contributed by atoms with Crippen molar-refractivity contribution < 1.29 is 80.2 Å². The molecule has 0 aromatic rings. The van der Waals surface area contributed by atoms with Crippen LogP contribution in [-0.2, 0) is 65.4 Å². The lowest BCUT2D eigenvalue weighted by molar-refractivity contribution is -0.161. The third kappa shape index (κ3) is 74.1. The van der Waals surface area contributed by atoms with Crippen LogP contribution in [0.1, 0.15) is 420 Å². The van der Waals surface area contributed by atoms with E-state index in [2.05, 4.69) is 41.5 Å². The van der Waals surface area contributed by atoms with Gasteiger partial charge in [0.1, 0.15) is 19.3 Å². The average Bonchev–Trinajstić information content (AvgIpc) is 1.01. The van der Waals surface area contributed by atoms with Crippen molar-refractivity contribution in [2.75, 3.05) is 39.6 Å². The molecule has 99 heavy (non-hydrogen) atoms. The van der Waals surface area contributed by atoms with Crippen LogP contribution in [0.2, 0.25) is 0 Å². The van der Waals surface area contributed by atoms with Crippen LogP contribution < -0.4 is 0 Å². The van der Waals surface area contributed by atoms with Crippen molar-refractivity contribution in [2.45, 2.75) is 439 Å². The van der Waals surface area contributed by atoms with E-state index in [0.717, 1.165) is 108 Å². The van der Waals surface area contributed by atoms with E-state index in [1.165, 1.54) is 231 Å². The molecule has 0 radical (unpaired) electrons. The van der Waals surface area contributed by atoms with Gasteiger partial charge in [-0.05, 0) is 37.5 Å². The number of hydrogen-bond donors (Lipinski definition) is 3.